The van der Waals surface area contributed by atoms with Crippen molar-refractivity contribution in [3.63, 3.8) is 0 Å². The van der Waals surface area contributed by atoms with E-state index in [0.717, 1.165) is 33.4 Å². The first-order valence-corrected chi connectivity index (χ1v) is 10.8. The topological polar surface area (TPSA) is 52.2 Å². The number of rotatable bonds is 4. The van der Waals surface area contributed by atoms with Crippen LogP contribution in [0.3, 0.4) is 0 Å². The predicted molar refractivity (Wildman–Crippen MR) is 128 cm³/mol. The SMILES string of the molecule is Cc1ccc(Cn2nc3c(-c4ccc(Cl)cc4)c(-c4ccc(Cl)cc4)cnn3c2=O)cc1. The lowest BCUT2D eigenvalue weighted by atomic mass is 9.97. The molecule has 0 aliphatic carbocycles. The molecule has 3 aromatic carbocycles. The molecule has 0 saturated carbocycles. The van der Waals surface area contributed by atoms with Crippen LogP contribution in [0.15, 0.2) is 83.8 Å². The van der Waals surface area contributed by atoms with Gasteiger partial charge in [-0.1, -0.05) is 77.3 Å². The Morgan fingerprint density at radius 2 is 1.41 bits per heavy atom. The van der Waals surface area contributed by atoms with Crippen LogP contribution >= 0.6 is 23.2 Å². The second kappa shape index (κ2) is 8.26. The van der Waals surface area contributed by atoms with Crippen LogP contribution in [-0.2, 0) is 6.54 Å². The molecule has 158 valence electrons. The number of aromatic nitrogens is 4. The van der Waals surface area contributed by atoms with Crippen molar-refractivity contribution < 1.29 is 0 Å². The fourth-order valence-electron chi connectivity index (χ4n) is 3.68. The minimum absolute atomic E-state index is 0.293. The van der Waals surface area contributed by atoms with Crippen LogP contribution in [-0.4, -0.2) is 19.4 Å². The third-order valence-electron chi connectivity index (χ3n) is 5.35. The highest BCUT2D eigenvalue weighted by atomic mass is 35.5. The van der Waals surface area contributed by atoms with Crippen LogP contribution < -0.4 is 5.69 Å². The highest BCUT2D eigenvalue weighted by Crippen LogP contribution is 2.35. The van der Waals surface area contributed by atoms with Gasteiger partial charge in [-0.3, -0.25) is 0 Å². The number of hydrogen-bond donors (Lipinski definition) is 0. The summed E-state index contributed by atoms with van der Waals surface area (Å²) in [5, 5.41) is 10.4. The lowest BCUT2D eigenvalue weighted by molar-refractivity contribution is 0.650. The van der Waals surface area contributed by atoms with Gasteiger partial charge in [-0.15, -0.1) is 5.10 Å². The van der Waals surface area contributed by atoms with Gasteiger partial charge in [0.1, 0.15) is 0 Å². The number of nitrogens with zero attached hydrogens (tertiary/aromatic N) is 4. The van der Waals surface area contributed by atoms with E-state index in [0.29, 0.717) is 22.2 Å². The largest absolute Gasteiger partial charge is 0.367 e. The Hall–Kier alpha value is -3.41. The lowest BCUT2D eigenvalue weighted by Crippen LogP contribution is -2.22. The Morgan fingerprint density at radius 1 is 0.812 bits per heavy atom. The zero-order valence-corrected chi connectivity index (χ0v) is 18.7. The average Bonchev–Trinajstić information content (AvgIpc) is 3.11. The van der Waals surface area contributed by atoms with Gasteiger partial charge in [-0.05, 0) is 47.9 Å². The molecule has 0 saturated heterocycles. The molecule has 0 spiro atoms. The number of benzene rings is 3. The molecule has 0 atom stereocenters. The molecule has 32 heavy (non-hydrogen) atoms. The first-order valence-electron chi connectivity index (χ1n) is 10.1. The quantitative estimate of drug-likeness (QED) is 0.336. The molecule has 0 fully saturated rings. The number of hydrogen-bond acceptors (Lipinski definition) is 3. The van der Waals surface area contributed by atoms with E-state index in [2.05, 4.69) is 10.2 Å². The molecule has 7 heteroatoms. The van der Waals surface area contributed by atoms with Gasteiger partial charge < -0.3 is 0 Å². The standard InChI is InChI=1S/C25H18Cl2N4O/c1-16-2-4-17(5-3-16)15-30-25(32)31-24(29-30)23(19-8-12-21(27)13-9-19)22(14-28-31)18-6-10-20(26)11-7-18/h2-14H,15H2,1H3. The zero-order valence-electron chi connectivity index (χ0n) is 17.2. The summed E-state index contributed by atoms with van der Waals surface area (Å²) in [6.45, 7) is 2.39. The van der Waals surface area contributed by atoms with Gasteiger partial charge in [0.25, 0.3) is 0 Å². The molecular formula is C25H18Cl2N4O. The van der Waals surface area contributed by atoms with E-state index < -0.39 is 0 Å². The maximum atomic E-state index is 13.1. The second-order valence-electron chi connectivity index (χ2n) is 7.61. The Balaban J connectivity index is 1.73. The van der Waals surface area contributed by atoms with Gasteiger partial charge in [0.15, 0.2) is 5.65 Å². The third kappa shape index (κ3) is 3.81. The monoisotopic (exact) mass is 460 g/mol. The Bertz CT molecular complexity index is 1470. The smallest absolute Gasteiger partial charge is 0.244 e. The van der Waals surface area contributed by atoms with Crippen LogP contribution in [0.4, 0.5) is 0 Å². The molecule has 0 unspecified atom stereocenters. The summed E-state index contributed by atoms with van der Waals surface area (Å²) < 4.78 is 2.79. The van der Waals surface area contributed by atoms with Crippen molar-refractivity contribution in [3.8, 4) is 22.3 Å². The summed E-state index contributed by atoms with van der Waals surface area (Å²) in [6.07, 6.45) is 1.69. The number of halogens is 2. The van der Waals surface area contributed by atoms with E-state index in [1.54, 1.807) is 6.20 Å². The van der Waals surface area contributed by atoms with Gasteiger partial charge in [0, 0.05) is 21.2 Å². The third-order valence-corrected chi connectivity index (χ3v) is 5.86. The molecule has 5 rings (SSSR count). The molecule has 0 amide bonds. The van der Waals surface area contributed by atoms with E-state index in [4.69, 9.17) is 23.2 Å². The van der Waals surface area contributed by atoms with Crippen molar-refractivity contribution in [1.29, 1.82) is 0 Å². The van der Waals surface area contributed by atoms with Crippen molar-refractivity contribution in [1.82, 2.24) is 19.4 Å². The molecule has 0 N–H and O–H groups in total. The van der Waals surface area contributed by atoms with Gasteiger partial charge >= 0.3 is 5.69 Å². The summed E-state index contributed by atoms with van der Waals surface area (Å²) in [4.78, 5) is 13.1. The Labute approximate surface area is 194 Å². The Kier molecular flexibility index (Phi) is 5.29. The van der Waals surface area contributed by atoms with Crippen molar-refractivity contribution in [3.05, 3.63) is 111 Å². The predicted octanol–water partition coefficient (Wildman–Crippen LogP) is 5.89. The van der Waals surface area contributed by atoms with E-state index in [9.17, 15) is 4.79 Å². The van der Waals surface area contributed by atoms with Gasteiger partial charge in [-0.2, -0.15) is 9.61 Å². The van der Waals surface area contributed by atoms with E-state index in [1.165, 1.54) is 9.20 Å². The van der Waals surface area contributed by atoms with Crippen LogP contribution in [0, 0.1) is 6.92 Å². The van der Waals surface area contributed by atoms with Crippen LogP contribution in [0.5, 0.6) is 0 Å². The van der Waals surface area contributed by atoms with Crippen LogP contribution in [0.1, 0.15) is 11.1 Å². The van der Waals surface area contributed by atoms with E-state index >= 15 is 0 Å². The first kappa shape index (κ1) is 20.5. The number of aryl methyl sites for hydroxylation is 1. The molecule has 0 aliphatic rings. The summed E-state index contributed by atoms with van der Waals surface area (Å²) in [5.74, 6) is 0. The fraction of sp³-hybridized carbons (Fsp3) is 0.0800. The summed E-state index contributed by atoms with van der Waals surface area (Å²) >= 11 is 12.2. The first-order chi connectivity index (χ1) is 15.5. The van der Waals surface area contributed by atoms with E-state index in [-0.39, 0.29) is 5.69 Å². The van der Waals surface area contributed by atoms with Crippen molar-refractivity contribution in [2.45, 2.75) is 13.5 Å². The molecule has 0 bridgehead atoms. The summed E-state index contributed by atoms with van der Waals surface area (Å²) in [5.41, 5.74) is 5.81. The molecule has 5 aromatic rings. The Morgan fingerprint density at radius 3 is 2.03 bits per heavy atom. The molecular weight excluding hydrogens is 443 g/mol. The number of fused-ring (bicyclic) bond motifs is 1. The fourth-order valence-corrected chi connectivity index (χ4v) is 3.93. The maximum Gasteiger partial charge on any atom is 0.367 e. The van der Waals surface area contributed by atoms with Gasteiger partial charge in [-0.25, -0.2) is 9.48 Å². The highest BCUT2D eigenvalue weighted by Gasteiger charge is 2.19. The molecule has 2 aromatic heterocycles. The summed E-state index contributed by atoms with van der Waals surface area (Å²) in [6, 6.07) is 23.0. The van der Waals surface area contributed by atoms with Crippen LogP contribution in [0.25, 0.3) is 27.9 Å². The zero-order chi connectivity index (χ0) is 22.2. The lowest BCUT2D eigenvalue weighted by Gasteiger charge is -2.11. The highest BCUT2D eigenvalue weighted by molar-refractivity contribution is 6.31. The van der Waals surface area contributed by atoms with Gasteiger partial charge in [0.2, 0.25) is 0 Å². The minimum Gasteiger partial charge on any atom is -0.244 e. The van der Waals surface area contributed by atoms with Crippen LogP contribution in [0.2, 0.25) is 10.0 Å². The minimum atomic E-state index is -0.293. The second-order valence-corrected chi connectivity index (χ2v) is 8.48. The molecule has 2 heterocycles. The average molecular weight is 461 g/mol. The van der Waals surface area contributed by atoms with Crippen molar-refractivity contribution in [2.24, 2.45) is 0 Å². The normalized spacial score (nSPS) is 11.2. The summed E-state index contributed by atoms with van der Waals surface area (Å²) in [7, 11) is 0. The van der Waals surface area contributed by atoms with Crippen molar-refractivity contribution >= 4 is 28.8 Å². The van der Waals surface area contributed by atoms with Crippen molar-refractivity contribution in [2.75, 3.05) is 0 Å². The van der Waals surface area contributed by atoms with E-state index in [1.807, 2.05) is 79.7 Å². The molecule has 5 nitrogen and oxygen atoms in total. The van der Waals surface area contributed by atoms with Gasteiger partial charge in [0.05, 0.1) is 12.7 Å². The molecule has 0 radical (unpaired) electrons. The molecule has 0 aliphatic heterocycles. The maximum absolute atomic E-state index is 13.1.